The summed E-state index contributed by atoms with van der Waals surface area (Å²) in [5.41, 5.74) is 0.952. The van der Waals surface area contributed by atoms with Gasteiger partial charge in [-0.15, -0.1) is 0 Å². The van der Waals surface area contributed by atoms with Crippen LogP contribution in [0.5, 0.6) is 0 Å². The molecular weight excluding hydrogens is 359 g/mol. The van der Waals surface area contributed by atoms with Gasteiger partial charge < -0.3 is 20.7 Å². The minimum absolute atomic E-state index is 0.125. The number of nitrogens with zero attached hydrogens (tertiary/aromatic N) is 1. The molecule has 1 aromatic rings. The Morgan fingerprint density at radius 3 is 2.64 bits per heavy atom. The number of halogens is 1. The lowest BCUT2D eigenvalue weighted by Gasteiger charge is -2.30. The van der Waals surface area contributed by atoms with Crippen LogP contribution in [0.1, 0.15) is 37.7 Å². The number of aliphatic imine (C=N–C) groups is 1. The number of ether oxygens (including phenoxy) is 1. The Morgan fingerprint density at radius 2 is 1.96 bits per heavy atom. The molecule has 0 radical (unpaired) electrons. The summed E-state index contributed by atoms with van der Waals surface area (Å²) in [5, 5.41) is 9.49. The van der Waals surface area contributed by atoms with E-state index in [-0.39, 0.29) is 23.6 Å². The standard InChI is InChI=1S/C21H33FN4O2/c1-23-20(26-16-21(10-13-28-2)8-3-4-9-21)25-12-11-24-19(27)15-17-6-5-7-18(22)14-17/h5-7,14H,3-4,8-13,15-16H2,1-2H3,(H,24,27)(H2,23,25,26). The van der Waals surface area contributed by atoms with E-state index in [4.69, 9.17) is 4.74 Å². The summed E-state index contributed by atoms with van der Waals surface area (Å²) in [5.74, 6) is 0.287. The van der Waals surface area contributed by atoms with Gasteiger partial charge in [-0.25, -0.2) is 4.39 Å². The van der Waals surface area contributed by atoms with Crippen molar-refractivity contribution >= 4 is 11.9 Å². The molecule has 6 nitrogen and oxygen atoms in total. The molecule has 1 aliphatic rings. The minimum atomic E-state index is -0.327. The van der Waals surface area contributed by atoms with Gasteiger partial charge >= 0.3 is 0 Å². The zero-order valence-corrected chi connectivity index (χ0v) is 17.0. The van der Waals surface area contributed by atoms with Gasteiger partial charge in [0.05, 0.1) is 6.42 Å². The van der Waals surface area contributed by atoms with Crippen LogP contribution in [0.3, 0.4) is 0 Å². The second-order valence-electron chi connectivity index (χ2n) is 7.46. The molecule has 0 spiro atoms. The molecule has 7 heteroatoms. The third kappa shape index (κ3) is 7.46. The molecule has 1 saturated carbocycles. The van der Waals surface area contributed by atoms with Crippen molar-refractivity contribution in [2.24, 2.45) is 10.4 Å². The molecular formula is C21H33FN4O2. The van der Waals surface area contributed by atoms with E-state index in [2.05, 4.69) is 20.9 Å². The Morgan fingerprint density at radius 1 is 1.21 bits per heavy atom. The van der Waals surface area contributed by atoms with Gasteiger partial charge in [-0.2, -0.15) is 0 Å². The molecule has 0 heterocycles. The van der Waals surface area contributed by atoms with Gasteiger partial charge in [0.15, 0.2) is 5.96 Å². The van der Waals surface area contributed by atoms with Gasteiger partial charge in [-0.3, -0.25) is 9.79 Å². The fourth-order valence-corrected chi connectivity index (χ4v) is 3.73. The van der Waals surface area contributed by atoms with E-state index in [1.165, 1.54) is 37.8 Å². The maximum absolute atomic E-state index is 13.2. The number of carbonyl (C=O) groups is 1. The summed E-state index contributed by atoms with van der Waals surface area (Å²) in [6, 6.07) is 6.11. The van der Waals surface area contributed by atoms with Crippen molar-refractivity contribution in [1.82, 2.24) is 16.0 Å². The van der Waals surface area contributed by atoms with Crippen LogP contribution < -0.4 is 16.0 Å². The van der Waals surface area contributed by atoms with Crippen LogP contribution in [0.15, 0.2) is 29.3 Å². The zero-order valence-electron chi connectivity index (χ0n) is 17.0. The van der Waals surface area contributed by atoms with Crippen molar-refractivity contribution in [3.05, 3.63) is 35.6 Å². The second-order valence-corrected chi connectivity index (χ2v) is 7.46. The Kier molecular flexibility index (Phi) is 9.20. The number of hydrogen-bond donors (Lipinski definition) is 3. The molecule has 0 unspecified atom stereocenters. The SMILES string of the molecule is CN=C(NCCNC(=O)Cc1cccc(F)c1)NCC1(CCOC)CCCC1. The summed E-state index contributed by atoms with van der Waals surface area (Å²) in [4.78, 5) is 16.2. The average molecular weight is 393 g/mol. The molecule has 1 aliphatic carbocycles. The molecule has 2 rings (SSSR count). The van der Waals surface area contributed by atoms with E-state index in [1.54, 1.807) is 26.3 Å². The van der Waals surface area contributed by atoms with Crippen molar-refractivity contribution in [3.8, 4) is 0 Å². The number of methoxy groups -OCH3 is 1. The third-order valence-electron chi connectivity index (χ3n) is 5.35. The molecule has 1 aromatic carbocycles. The monoisotopic (exact) mass is 392 g/mol. The quantitative estimate of drug-likeness (QED) is 0.324. The van der Waals surface area contributed by atoms with E-state index in [0.29, 0.717) is 18.7 Å². The second kappa shape index (κ2) is 11.6. The highest BCUT2D eigenvalue weighted by atomic mass is 19.1. The van der Waals surface area contributed by atoms with E-state index >= 15 is 0 Å². The highest BCUT2D eigenvalue weighted by molar-refractivity contribution is 5.80. The first-order valence-electron chi connectivity index (χ1n) is 10.0. The number of amides is 1. The summed E-state index contributed by atoms with van der Waals surface area (Å²) in [7, 11) is 3.49. The van der Waals surface area contributed by atoms with Gasteiger partial charge in [-0.1, -0.05) is 25.0 Å². The smallest absolute Gasteiger partial charge is 0.224 e. The van der Waals surface area contributed by atoms with E-state index in [0.717, 1.165) is 25.5 Å². The predicted molar refractivity (Wildman–Crippen MR) is 110 cm³/mol. The summed E-state index contributed by atoms with van der Waals surface area (Å²) >= 11 is 0. The Bertz CT molecular complexity index is 645. The number of rotatable bonds is 10. The fourth-order valence-electron chi connectivity index (χ4n) is 3.73. The van der Waals surface area contributed by atoms with Crippen molar-refractivity contribution in [1.29, 1.82) is 0 Å². The Balaban J connectivity index is 1.67. The molecule has 0 bridgehead atoms. The van der Waals surface area contributed by atoms with Gasteiger partial charge in [-0.05, 0) is 42.4 Å². The molecule has 0 aromatic heterocycles. The van der Waals surface area contributed by atoms with Crippen LogP contribution in [-0.2, 0) is 16.0 Å². The molecule has 3 N–H and O–H groups in total. The molecule has 0 aliphatic heterocycles. The van der Waals surface area contributed by atoms with Crippen LogP contribution in [-0.4, -0.2) is 52.3 Å². The zero-order chi connectivity index (χ0) is 20.2. The highest BCUT2D eigenvalue weighted by Gasteiger charge is 2.33. The Hall–Kier alpha value is -2.15. The van der Waals surface area contributed by atoms with Crippen molar-refractivity contribution in [2.45, 2.75) is 38.5 Å². The van der Waals surface area contributed by atoms with Gasteiger partial charge in [0.1, 0.15) is 5.82 Å². The summed E-state index contributed by atoms with van der Waals surface area (Å²) in [6.45, 7) is 2.70. The first-order chi connectivity index (χ1) is 13.6. The lowest BCUT2D eigenvalue weighted by Crippen LogP contribution is -2.45. The average Bonchev–Trinajstić information content (AvgIpc) is 3.15. The molecule has 156 valence electrons. The third-order valence-corrected chi connectivity index (χ3v) is 5.35. The topological polar surface area (TPSA) is 74.8 Å². The summed E-state index contributed by atoms with van der Waals surface area (Å²) in [6.07, 6.45) is 6.22. The van der Waals surface area contributed by atoms with Crippen molar-refractivity contribution in [3.63, 3.8) is 0 Å². The molecule has 0 atom stereocenters. The Labute approximate surface area is 167 Å². The van der Waals surface area contributed by atoms with Gasteiger partial charge in [0, 0.05) is 40.4 Å². The van der Waals surface area contributed by atoms with Gasteiger partial charge in [0.25, 0.3) is 0 Å². The fraction of sp³-hybridized carbons (Fsp3) is 0.619. The number of carbonyl (C=O) groups excluding carboxylic acids is 1. The number of guanidine groups is 1. The predicted octanol–water partition coefficient (Wildman–Crippen LogP) is 2.25. The maximum Gasteiger partial charge on any atom is 0.224 e. The van der Waals surface area contributed by atoms with Gasteiger partial charge in [0.2, 0.25) is 5.91 Å². The number of hydrogen-bond acceptors (Lipinski definition) is 3. The van der Waals surface area contributed by atoms with Crippen LogP contribution >= 0.6 is 0 Å². The largest absolute Gasteiger partial charge is 0.385 e. The number of benzene rings is 1. The number of nitrogens with one attached hydrogen (secondary N) is 3. The molecule has 1 fully saturated rings. The molecule has 1 amide bonds. The van der Waals surface area contributed by atoms with Crippen molar-refractivity contribution < 1.29 is 13.9 Å². The lowest BCUT2D eigenvalue weighted by atomic mass is 9.83. The van der Waals surface area contributed by atoms with E-state index in [1.807, 2.05) is 0 Å². The van der Waals surface area contributed by atoms with Crippen LogP contribution in [0, 0.1) is 11.2 Å². The molecule has 0 saturated heterocycles. The molecule has 28 heavy (non-hydrogen) atoms. The van der Waals surface area contributed by atoms with E-state index < -0.39 is 0 Å². The first-order valence-corrected chi connectivity index (χ1v) is 10.0. The highest BCUT2D eigenvalue weighted by Crippen LogP contribution is 2.40. The van der Waals surface area contributed by atoms with Crippen LogP contribution in [0.2, 0.25) is 0 Å². The normalized spacial score (nSPS) is 16.0. The minimum Gasteiger partial charge on any atom is -0.385 e. The maximum atomic E-state index is 13.2. The van der Waals surface area contributed by atoms with Crippen LogP contribution in [0.25, 0.3) is 0 Å². The van der Waals surface area contributed by atoms with E-state index in [9.17, 15) is 9.18 Å². The first kappa shape index (κ1) is 22.1. The lowest BCUT2D eigenvalue weighted by molar-refractivity contribution is -0.120. The summed E-state index contributed by atoms with van der Waals surface area (Å²) < 4.78 is 18.4. The van der Waals surface area contributed by atoms with Crippen LogP contribution in [0.4, 0.5) is 4.39 Å². The van der Waals surface area contributed by atoms with Crippen molar-refractivity contribution in [2.75, 3.05) is 40.4 Å².